The van der Waals surface area contributed by atoms with Gasteiger partial charge in [-0.15, -0.1) is 0 Å². The van der Waals surface area contributed by atoms with Crippen LogP contribution in [0.15, 0.2) is 77.7 Å². The monoisotopic (exact) mass is 540 g/mol. The molecular formula is C29H27Cl3N2O2. The summed E-state index contributed by atoms with van der Waals surface area (Å²) in [5.41, 5.74) is 2.33. The van der Waals surface area contributed by atoms with Crippen molar-refractivity contribution in [3.63, 3.8) is 0 Å². The van der Waals surface area contributed by atoms with E-state index in [2.05, 4.69) is 34.1 Å². The van der Waals surface area contributed by atoms with Crippen LogP contribution in [0.3, 0.4) is 0 Å². The summed E-state index contributed by atoms with van der Waals surface area (Å²) in [6, 6.07) is 22.0. The lowest BCUT2D eigenvalue weighted by molar-refractivity contribution is 0.0795. The molecule has 1 N–H and O–H groups in total. The van der Waals surface area contributed by atoms with E-state index < -0.39 is 0 Å². The molecule has 1 aliphatic rings. The van der Waals surface area contributed by atoms with Gasteiger partial charge < -0.3 is 9.72 Å². The molecule has 1 aromatic heterocycles. The Bertz CT molecular complexity index is 1330. The maximum atomic E-state index is 12.1. The second-order valence-electron chi connectivity index (χ2n) is 9.38. The fourth-order valence-corrected chi connectivity index (χ4v) is 5.41. The van der Waals surface area contributed by atoms with Gasteiger partial charge in [-0.25, -0.2) is 0 Å². The van der Waals surface area contributed by atoms with Gasteiger partial charge in [0.05, 0.1) is 11.1 Å². The average Bonchev–Trinajstić information content (AvgIpc) is 2.88. The fourth-order valence-electron chi connectivity index (χ4n) is 4.95. The predicted octanol–water partition coefficient (Wildman–Crippen LogP) is 7.88. The van der Waals surface area contributed by atoms with Crippen molar-refractivity contribution in [2.75, 3.05) is 0 Å². The maximum Gasteiger partial charge on any atom is 0.255 e. The third-order valence-corrected chi connectivity index (χ3v) is 7.68. The first-order valence-electron chi connectivity index (χ1n) is 12.1. The van der Waals surface area contributed by atoms with Gasteiger partial charge in [0.1, 0.15) is 5.75 Å². The van der Waals surface area contributed by atoms with Crippen LogP contribution >= 0.6 is 34.8 Å². The van der Waals surface area contributed by atoms with Crippen molar-refractivity contribution in [3.05, 3.63) is 109 Å². The lowest BCUT2D eigenvalue weighted by atomic mass is 9.91. The van der Waals surface area contributed by atoms with Gasteiger partial charge in [0.15, 0.2) is 0 Å². The summed E-state index contributed by atoms with van der Waals surface area (Å²) in [5, 5.41) is 3.35. The van der Waals surface area contributed by atoms with Crippen LogP contribution in [0.5, 0.6) is 5.75 Å². The molecule has 7 heteroatoms. The Morgan fingerprint density at radius 2 is 1.39 bits per heavy atom. The Balaban J connectivity index is 1.28. The van der Waals surface area contributed by atoms with Gasteiger partial charge >= 0.3 is 0 Å². The molecule has 5 rings (SSSR count). The lowest BCUT2D eigenvalue weighted by Crippen LogP contribution is -2.39. The number of rotatable bonds is 7. The molecule has 3 aromatic carbocycles. The second-order valence-corrected chi connectivity index (χ2v) is 10.7. The molecule has 0 spiro atoms. The number of ether oxygens (including phenoxy) is 1. The molecule has 36 heavy (non-hydrogen) atoms. The van der Waals surface area contributed by atoms with Crippen molar-refractivity contribution in [1.82, 2.24) is 9.88 Å². The van der Waals surface area contributed by atoms with E-state index in [1.54, 1.807) is 12.3 Å². The first-order valence-corrected chi connectivity index (χ1v) is 13.3. The summed E-state index contributed by atoms with van der Waals surface area (Å²) in [4.78, 5) is 17.3. The van der Waals surface area contributed by atoms with Gasteiger partial charge in [-0.3, -0.25) is 9.69 Å². The number of halogens is 3. The van der Waals surface area contributed by atoms with E-state index in [0.29, 0.717) is 22.2 Å². The molecule has 1 saturated carbocycles. The van der Waals surface area contributed by atoms with Crippen LogP contribution in [0.4, 0.5) is 0 Å². The number of aromatic nitrogens is 1. The summed E-state index contributed by atoms with van der Waals surface area (Å²) < 4.78 is 6.33. The zero-order valence-electron chi connectivity index (χ0n) is 19.7. The molecule has 4 nitrogen and oxygen atoms in total. The topological polar surface area (TPSA) is 45.3 Å². The van der Waals surface area contributed by atoms with E-state index in [1.807, 2.05) is 36.4 Å². The third-order valence-electron chi connectivity index (χ3n) is 6.88. The lowest BCUT2D eigenvalue weighted by Gasteiger charge is -2.37. The van der Waals surface area contributed by atoms with E-state index in [-0.39, 0.29) is 11.7 Å². The first-order chi connectivity index (χ1) is 17.4. The van der Waals surface area contributed by atoms with Gasteiger partial charge in [0.2, 0.25) is 0 Å². The minimum Gasteiger partial charge on any atom is -0.489 e. The minimum absolute atomic E-state index is 0.0890. The fraction of sp³-hybridized carbons (Fsp3) is 0.276. The summed E-state index contributed by atoms with van der Waals surface area (Å²) in [5.74, 6) is 0.636. The Hall–Kier alpha value is -2.50. The third kappa shape index (κ3) is 6.07. The number of aromatic amines is 1. The van der Waals surface area contributed by atoms with Crippen molar-refractivity contribution in [2.45, 2.75) is 50.9 Å². The van der Waals surface area contributed by atoms with Crippen LogP contribution < -0.4 is 10.3 Å². The average molecular weight is 542 g/mol. The largest absolute Gasteiger partial charge is 0.489 e. The Labute approximate surface area is 225 Å². The highest BCUT2D eigenvalue weighted by atomic mass is 35.5. The van der Waals surface area contributed by atoms with Gasteiger partial charge in [0.25, 0.3) is 5.56 Å². The maximum absolute atomic E-state index is 12.1. The van der Waals surface area contributed by atoms with Crippen molar-refractivity contribution in [1.29, 1.82) is 0 Å². The van der Waals surface area contributed by atoms with Gasteiger partial charge in [-0.2, -0.15) is 0 Å². The number of nitrogens with zero attached hydrogens (tertiary/aromatic N) is 1. The quantitative estimate of drug-likeness (QED) is 0.259. The standard InChI is InChI=1S/C29H27Cl3N2O2/c30-22-5-1-19(2-6-22)17-34(18-20-3-7-23(31)8-4-20)24-9-11-25(12-10-24)36-28-15-21-13-14-33-29(35)26(21)16-27(28)32/h1-8,13-16,24-25H,9-12,17-18H2,(H,33,35). The SMILES string of the molecule is O=c1[nH]ccc2cc(OC3CCC(N(Cc4ccc(Cl)cc4)Cc4ccc(Cl)cc4)CC3)c(Cl)cc12. The molecule has 0 aliphatic heterocycles. The van der Waals surface area contributed by atoms with Crippen LogP contribution in [-0.4, -0.2) is 22.0 Å². The first kappa shape index (κ1) is 25.2. The van der Waals surface area contributed by atoms with E-state index in [4.69, 9.17) is 39.5 Å². The minimum atomic E-state index is -0.150. The number of hydrogen-bond donors (Lipinski definition) is 1. The Morgan fingerprint density at radius 3 is 1.97 bits per heavy atom. The summed E-state index contributed by atoms with van der Waals surface area (Å²) in [6.07, 6.45) is 5.65. The molecule has 0 amide bonds. The number of nitrogens with one attached hydrogen (secondary N) is 1. The van der Waals surface area contributed by atoms with Gasteiger partial charge in [-0.1, -0.05) is 59.1 Å². The number of benzene rings is 3. The molecular weight excluding hydrogens is 515 g/mol. The molecule has 0 saturated heterocycles. The molecule has 0 atom stereocenters. The highest BCUT2D eigenvalue weighted by Gasteiger charge is 2.27. The predicted molar refractivity (Wildman–Crippen MR) is 148 cm³/mol. The number of pyridine rings is 1. The molecule has 1 aliphatic carbocycles. The van der Waals surface area contributed by atoms with Gasteiger partial charge in [0, 0.05) is 40.8 Å². The van der Waals surface area contributed by atoms with Gasteiger partial charge in [-0.05, 0) is 84.7 Å². The molecule has 1 fully saturated rings. The molecule has 0 radical (unpaired) electrons. The zero-order chi connectivity index (χ0) is 25.1. The van der Waals surface area contributed by atoms with Crippen LogP contribution in [0.2, 0.25) is 15.1 Å². The zero-order valence-corrected chi connectivity index (χ0v) is 22.0. The van der Waals surface area contributed by atoms with E-state index in [0.717, 1.165) is 54.2 Å². The number of hydrogen-bond acceptors (Lipinski definition) is 3. The highest BCUT2D eigenvalue weighted by molar-refractivity contribution is 6.33. The van der Waals surface area contributed by atoms with E-state index in [1.165, 1.54) is 11.1 Å². The van der Waals surface area contributed by atoms with Crippen molar-refractivity contribution in [2.24, 2.45) is 0 Å². The number of fused-ring (bicyclic) bond motifs is 1. The highest BCUT2D eigenvalue weighted by Crippen LogP contribution is 2.34. The summed E-state index contributed by atoms with van der Waals surface area (Å²) in [7, 11) is 0. The van der Waals surface area contributed by atoms with Crippen molar-refractivity contribution < 1.29 is 4.74 Å². The van der Waals surface area contributed by atoms with Crippen LogP contribution in [0.25, 0.3) is 10.8 Å². The van der Waals surface area contributed by atoms with Crippen LogP contribution in [0, 0.1) is 0 Å². The normalized spacial score (nSPS) is 18.0. The molecule has 4 aromatic rings. The molecule has 0 bridgehead atoms. The van der Waals surface area contributed by atoms with E-state index >= 15 is 0 Å². The van der Waals surface area contributed by atoms with Crippen LogP contribution in [-0.2, 0) is 13.1 Å². The van der Waals surface area contributed by atoms with E-state index in [9.17, 15) is 4.79 Å². The molecule has 0 unspecified atom stereocenters. The summed E-state index contributed by atoms with van der Waals surface area (Å²) >= 11 is 18.7. The molecule has 186 valence electrons. The van der Waals surface area contributed by atoms with Crippen molar-refractivity contribution >= 4 is 45.6 Å². The molecule has 1 heterocycles. The number of H-pyrrole nitrogens is 1. The Kier molecular flexibility index (Phi) is 7.87. The van der Waals surface area contributed by atoms with Crippen LogP contribution in [0.1, 0.15) is 36.8 Å². The van der Waals surface area contributed by atoms with Crippen molar-refractivity contribution in [3.8, 4) is 5.75 Å². The second kappa shape index (κ2) is 11.3. The Morgan fingerprint density at radius 1 is 0.806 bits per heavy atom. The smallest absolute Gasteiger partial charge is 0.255 e. The summed E-state index contributed by atoms with van der Waals surface area (Å²) in [6.45, 7) is 1.70.